The SMILES string of the molecule is COC(=O)CNC(=O)NC1CCC(C(=O)O)CC1. The maximum atomic E-state index is 11.4. The van der Waals surface area contributed by atoms with E-state index in [1.807, 2.05) is 0 Å². The molecular weight excluding hydrogens is 240 g/mol. The third-order valence-corrected chi connectivity index (χ3v) is 3.03. The maximum absolute atomic E-state index is 11.4. The van der Waals surface area contributed by atoms with E-state index >= 15 is 0 Å². The second kappa shape index (κ2) is 6.83. The summed E-state index contributed by atoms with van der Waals surface area (Å²) in [7, 11) is 1.25. The van der Waals surface area contributed by atoms with Crippen LogP contribution in [-0.4, -0.2) is 42.8 Å². The first-order chi connectivity index (χ1) is 8.52. The molecule has 3 N–H and O–H groups in total. The highest BCUT2D eigenvalue weighted by molar-refractivity contribution is 5.80. The van der Waals surface area contributed by atoms with Crippen molar-refractivity contribution in [2.75, 3.05) is 13.7 Å². The van der Waals surface area contributed by atoms with Gasteiger partial charge in [-0.05, 0) is 25.7 Å². The van der Waals surface area contributed by atoms with Crippen molar-refractivity contribution in [2.24, 2.45) is 5.92 Å². The number of hydrogen-bond acceptors (Lipinski definition) is 4. The fraction of sp³-hybridized carbons (Fsp3) is 0.727. The van der Waals surface area contributed by atoms with Crippen LogP contribution >= 0.6 is 0 Å². The zero-order chi connectivity index (χ0) is 13.5. The molecule has 0 saturated heterocycles. The van der Waals surface area contributed by atoms with Gasteiger partial charge in [0.15, 0.2) is 0 Å². The molecule has 0 unspecified atom stereocenters. The lowest BCUT2D eigenvalue weighted by atomic mass is 9.86. The molecule has 102 valence electrons. The molecule has 1 rings (SSSR count). The Morgan fingerprint density at radius 3 is 2.33 bits per heavy atom. The molecule has 1 aliphatic carbocycles. The number of carbonyl (C=O) groups excluding carboxylic acids is 2. The number of carboxylic acid groups (broad SMARTS) is 1. The Bertz CT molecular complexity index is 323. The second-order valence-electron chi connectivity index (χ2n) is 4.29. The molecule has 2 amide bonds. The van der Waals surface area contributed by atoms with Crippen molar-refractivity contribution in [3.8, 4) is 0 Å². The highest BCUT2D eigenvalue weighted by Crippen LogP contribution is 2.24. The third kappa shape index (κ3) is 4.60. The first kappa shape index (κ1) is 14.3. The van der Waals surface area contributed by atoms with Crippen LogP contribution in [0.2, 0.25) is 0 Å². The van der Waals surface area contributed by atoms with E-state index in [-0.39, 0.29) is 18.5 Å². The smallest absolute Gasteiger partial charge is 0.325 e. The van der Waals surface area contributed by atoms with E-state index in [9.17, 15) is 14.4 Å². The van der Waals surface area contributed by atoms with E-state index in [0.29, 0.717) is 25.7 Å². The number of hydrogen-bond donors (Lipinski definition) is 3. The number of amides is 2. The van der Waals surface area contributed by atoms with Gasteiger partial charge in [-0.1, -0.05) is 0 Å². The molecule has 0 aromatic rings. The molecule has 0 spiro atoms. The lowest BCUT2D eigenvalue weighted by Crippen LogP contribution is -2.45. The molecule has 0 radical (unpaired) electrons. The quantitative estimate of drug-likeness (QED) is 0.620. The van der Waals surface area contributed by atoms with Gasteiger partial charge in [0.1, 0.15) is 6.54 Å². The van der Waals surface area contributed by atoms with Crippen LogP contribution in [0.1, 0.15) is 25.7 Å². The summed E-state index contributed by atoms with van der Waals surface area (Å²) in [6, 6.07) is -0.461. The zero-order valence-electron chi connectivity index (χ0n) is 10.3. The largest absolute Gasteiger partial charge is 0.481 e. The van der Waals surface area contributed by atoms with Gasteiger partial charge in [0.2, 0.25) is 0 Å². The standard InChI is InChI=1S/C11H18N2O5/c1-18-9(14)6-12-11(17)13-8-4-2-7(3-5-8)10(15)16/h7-8H,2-6H2,1H3,(H,15,16)(H2,12,13,17). The lowest BCUT2D eigenvalue weighted by molar-refractivity contribution is -0.143. The average Bonchev–Trinajstić information content (AvgIpc) is 2.36. The number of carboxylic acids is 1. The van der Waals surface area contributed by atoms with Crippen LogP contribution in [0.5, 0.6) is 0 Å². The number of rotatable bonds is 4. The summed E-state index contributed by atoms with van der Waals surface area (Å²) in [5.74, 6) is -1.59. The summed E-state index contributed by atoms with van der Waals surface area (Å²) in [5.41, 5.74) is 0. The van der Waals surface area contributed by atoms with Crippen LogP contribution in [0.25, 0.3) is 0 Å². The first-order valence-electron chi connectivity index (χ1n) is 5.87. The first-order valence-corrected chi connectivity index (χ1v) is 5.87. The van der Waals surface area contributed by atoms with Gasteiger partial charge in [0, 0.05) is 6.04 Å². The van der Waals surface area contributed by atoms with Crippen LogP contribution in [0, 0.1) is 5.92 Å². The maximum Gasteiger partial charge on any atom is 0.325 e. The third-order valence-electron chi connectivity index (χ3n) is 3.03. The van der Waals surface area contributed by atoms with Crippen molar-refractivity contribution in [3.63, 3.8) is 0 Å². The fourth-order valence-corrected chi connectivity index (χ4v) is 1.95. The van der Waals surface area contributed by atoms with Crippen molar-refractivity contribution in [1.82, 2.24) is 10.6 Å². The van der Waals surface area contributed by atoms with Crippen LogP contribution in [0.4, 0.5) is 4.79 Å². The number of ether oxygens (including phenoxy) is 1. The molecule has 0 heterocycles. The number of aliphatic carboxylic acids is 1. The summed E-state index contributed by atoms with van der Waals surface area (Å²) in [6.45, 7) is -0.174. The summed E-state index contributed by atoms with van der Waals surface area (Å²) in [6.07, 6.45) is 2.42. The number of carbonyl (C=O) groups is 3. The molecule has 7 nitrogen and oxygen atoms in total. The summed E-state index contributed by atoms with van der Waals surface area (Å²) in [5, 5.41) is 13.9. The zero-order valence-corrected chi connectivity index (χ0v) is 10.3. The van der Waals surface area contributed by atoms with Gasteiger partial charge in [0.25, 0.3) is 0 Å². The molecule has 1 saturated carbocycles. The molecule has 7 heteroatoms. The molecule has 0 bridgehead atoms. The van der Waals surface area contributed by atoms with E-state index in [1.165, 1.54) is 7.11 Å². The minimum Gasteiger partial charge on any atom is -0.481 e. The number of nitrogens with one attached hydrogen (secondary N) is 2. The van der Waals surface area contributed by atoms with Crippen LogP contribution in [0.15, 0.2) is 0 Å². The van der Waals surface area contributed by atoms with Crippen molar-refractivity contribution >= 4 is 18.0 Å². The number of methoxy groups -OCH3 is 1. The monoisotopic (exact) mass is 258 g/mol. The summed E-state index contributed by atoms with van der Waals surface area (Å²) in [4.78, 5) is 32.9. The molecule has 0 aromatic carbocycles. The van der Waals surface area contributed by atoms with Gasteiger partial charge in [-0.15, -0.1) is 0 Å². The lowest BCUT2D eigenvalue weighted by Gasteiger charge is -2.26. The van der Waals surface area contributed by atoms with E-state index in [4.69, 9.17) is 5.11 Å². The van der Waals surface area contributed by atoms with Gasteiger partial charge in [-0.25, -0.2) is 4.79 Å². The number of urea groups is 1. The Hall–Kier alpha value is -1.79. The van der Waals surface area contributed by atoms with Crippen molar-refractivity contribution in [2.45, 2.75) is 31.7 Å². The van der Waals surface area contributed by atoms with E-state index in [0.717, 1.165) is 0 Å². The predicted molar refractivity (Wildman–Crippen MR) is 61.9 cm³/mol. The van der Waals surface area contributed by atoms with Crippen LogP contribution < -0.4 is 10.6 Å². The minimum atomic E-state index is -0.774. The van der Waals surface area contributed by atoms with Crippen molar-refractivity contribution in [1.29, 1.82) is 0 Å². The van der Waals surface area contributed by atoms with Gasteiger partial charge >= 0.3 is 18.0 Å². The Labute approximate surface area is 105 Å². The second-order valence-corrected chi connectivity index (χ2v) is 4.29. The highest BCUT2D eigenvalue weighted by Gasteiger charge is 2.26. The van der Waals surface area contributed by atoms with Crippen LogP contribution in [-0.2, 0) is 14.3 Å². The Morgan fingerprint density at radius 1 is 1.22 bits per heavy atom. The average molecular weight is 258 g/mol. The number of esters is 1. The molecule has 18 heavy (non-hydrogen) atoms. The Balaban J connectivity index is 2.22. The van der Waals surface area contributed by atoms with Gasteiger partial charge in [-0.3, -0.25) is 9.59 Å². The topological polar surface area (TPSA) is 105 Å². The summed E-state index contributed by atoms with van der Waals surface area (Å²) >= 11 is 0. The molecule has 1 fully saturated rings. The Kier molecular flexibility index (Phi) is 5.41. The predicted octanol–water partition coefficient (Wildman–Crippen LogP) is 0.102. The normalized spacial score (nSPS) is 22.9. The van der Waals surface area contributed by atoms with Crippen molar-refractivity contribution < 1.29 is 24.2 Å². The van der Waals surface area contributed by atoms with E-state index < -0.39 is 18.0 Å². The molecule has 0 aromatic heterocycles. The highest BCUT2D eigenvalue weighted by atomic mass is 16.5. The van der Waals surface area contributed by atoms with Crippen LogP contribution in [0.3, 0.4) is 0 Å². The molecular formula is C11H18N2O5. The Morgan fingerprint density at radius 2 is 1.83 bits per heavy atom. The van der Waals surface area contributed by atoms with Gasteiger partial charge in [-0.2, -0.15) is 0 Å². The summed E-state index contributed by atoms with van der Waals surface area (Å²) < 4.78 is 4.38. The minimum absolute atomic E-state index is 0.0294. The fourth-order valence-electron chi connectivity index (χ4n) is 1.95. The van der Waals surface area contributed by atoms with Gasteiger partial charge in [0.05, 0.1) is 13.0 Å². The molecule has 0 aliphatic heterocycles. The van der Waals surface area contributed by atoms with Crippen molar-refractivity contribution in [3.05, 3.63) is 0 Å². The van der Waals surface area contributed by atoms with Gasteiger partial charge < -0.3 is 20.5 Å². The molecule has 1 aliphatic rings. The molecule has 0 atom stereocenters. The van der Waals surface area contributed by atoms with E-state index in [2.05, 4.69) is 15.4 Å². The van der Waals surface area contributed by atoms with E-state index in [1.54, 1.807) is 0 Å².